The van der Waals surface area contributed by atoms with Crippen LogP contribution in [0.3, 0.4) is 0 Å². The van der Waals surface area contributed by atoms with Gasteiger partial charge in [0.05, 0.1) is 5.69 Å². The molecule has 28 heavy (non-hydrogen) atoms. The minimum Gasteiger partial charge on any atom is -0.444 e. The predicted octanol–water partition coefficient (Wildman–Crippen LogP) is 4.62. The third kappa shape index (κ3) is 4.01. The fourth-order valence-electron chi connectivity index (χ4n) is 3.76. The van der Waals surface area contributed by atoms with Crippen molar-refractivity contribution in [2.45, 2.75) is 65.8 Å². The highest BCUT2D eigenvalue weighted by Gasteiger charge is 2.32. The van der Waals surface area contributed by atoms with E-state index < -0.39 is 5.60 Å². The number of carbonyl (C=O) groups excluding carboxylic acids is 2. The Morgan fingerprint density at radius 1 is 1.18 bits per heavy atom. The fourth-order valence-corrected chi connectivity index (χ4v) is 3.76. The highest BCUT2D eigenvalue weighted by atomic mass is 16.6. The molecule has 0 aliphatic carbocycles. The van der Waals surface area contributed by atoms with Gasteiger partial charge in [0.1, 0.15) is 5.60 Å². The van der Waals surface area contributed by atoms with Gasteiger partial charge in [-0.15, -0.1) is 0 Å². The third-order valence-electron chi connectivity index (χ3n) is 5.11. The Morgan fingerprint density at radius 2 is 1.82 bits per heavy atom. The van der Waals surface area contributed by atoms with E-state index in [0.29, 0.717) is 19.6 Å². The Hall–Kier alpha value is -2.50. The molecule has 0 saturated carbocycles. The molecule has 1 saturated heterocycles. The van der Waals surface area contributed by atoms with Gasteiger partial charge in [-0.2, -0.15) is 0 Å². The second kappa shape index (κ2) is 7.49. The molecule has 2 aliphatic rings. The number of fused-ring (bicyclic) bond motifs is 1. The van der Waals surface area contributed by atoms with Crippen LogP contribution in [0.1, 0.15) is 57.7 Å². The standard InChI is InChI=1S/C22H31N3O3/c1-7-16-11-17-13-23(21(27)28-22(4,5)6)14-18(17)12-19(16)25-10-8-9-24(15(2)3)20(25)26/h7,11-12,15H,1,8-10,13-14H2,2-6H3. The molecule has 0 radical (unpaired) electrons. The van der Waals surface area contributed by atoms with Crippen LogP contribution < -0.4 is 4.90 Å². The summed E-state index contributed by atoms with van der Waals surface area (Å²) in [5, 5.41) is 0. The third-order valence-corrected chi connectivity index (χ3v) is 5.11. The van der Waals surface area contributed by atoms with E-state index in [9.17, 15) is 9.59 Å². The number of benzene rings is 1. The number of anilines is 1. The van der Waals surface area contributed by atoms with Gasteiger partial charge in [-0.25, -0.2) is 9.59 Å². The molecule has 1 aromatic rings. The molecule has 0 unspecified atom stereocenters. The van der Waals surface area contributed by atoms with Crippen LogP contribution in [0.4, 0.5) is 15.3 Å². The molecule has 0 atom stereocenters. The molecule has 6 heteroatoms. The lowest BCUT2D eigenvalue weighted by atomic mass is 10.0. The molecule has 2 heterocycles. The number of nitrogens with zero attached hydrogens (tertiary/aromatic N) is 3. The quantitative estimate of drug-likeness (QED) is 0.763. The van der Waals surface area contributed by atoms with Crippen LogP contribution in [-0.4, -0.2) is 46.7 Å². The van der Waals surface area contributed by atoms with Gasteiger partial charge >= 0.3 is 12.1 Å². The maximum absolute atomic E-state index is 13.0. The van der Waals surface area contributed by atoms with Gasteiger partial charge in [0.2, 0.25) is 0 Å². The summed E-state index contributed by atoms with van der Waals surface area (Å²) in [6.07, 6.45) is 2.40. The molecule has 2 aliphatic heterocycles. The Labute approximate surface area is 167 Å². The minimum atomic E-state index is -0.524. The Balaban J connectivity index is 1.87. The highest BCUT2D eigenvalue weighted by Crippen LogP contribution is 2.34. The van der Waals surface area contributed by atoms with E-state index in [2.05, 4.69) is 6.58 Å². The van der Waals surface area contributed by atoms with Crippen LogP contribution in [-0.2, 0) is 17.8 Å². The summed E-state index contributed by atoms with van der Waals surface area (Å²) in [6.45, 7) is 16.1. The van der Waals surface area contributed by atoms with E-state index in [1.165, 1.54) is 0 Å². The molecule has 0 N–H and O–H groups in total. The fraction of sp³-hybridized carbons (Fsp3) is 0.545. The van der Waals surface area contributed by atoms with Crippen LogP contribution in [0.2, 0.25) is 0 Å². The first-order valence-electron chi connectivity index (χ1n) is 9.95. The first-order valence-corrected chi connectivity index (χ1v) is 9.95. The summed E-state index contributed by atoms with van der Waals surface area (Å²) in [5.74, 6) is 0. The van der Waals surface area contributed by atoms with Gasteiger partial charge in [-0.05, 0) is 69.9 Å². The number of urea groups is 1. The summed E-state index contributed by atoms with van der Waals surface area (Å²) >= 11 is 0. The zero-order valence-electron chi connectivity index (χ0n) is 17.6. The summed E-state index contributed by atoms with van der Waals surface area (Å²) in [6, 6.07) is 4.29. The zero-order chi connectivity index (χ0) is 20.6. The average molecular weight is 386 g/mol. The molecule has 1 fully saturated rings. The van der Waals surface area contributed by atoms with E-state index in [0.717, 1.165) is 35.3 Å². The Morgan fingerprint density at radius 3 is 2.39 bits per heavy atom. The molecule has 3 rings (SSSR count). The molecular weight excluding hydrogens is 354 g/mol. The average Bonchev–Trinajstić information content (AvgIpc) is 3.02. The van der Waals surface area contributed by atoms with Crippen LogP contribution in [0.15, 0.2) is 18.7 Å². The minimum absolute atomic E-state index is 0.0336. The van der Waals surface area contributed by atoms with Crippen molar-refractivity contribution in [3.05, 3.63) is 35.4 Å². The van der Waals surface area contributed by atoms with E-state index in [4.69, 9.17) is 4.74 Å². The van der Waals surface area contributed by atoms with Crippen LogP contribution >= 0.6 is 0 Å². The van der Waals surface area contributed by atoms with Gasteiger partial charge in [-0.3, -0.25) is 9.80 Å². The number of carbonyl (C=O) groups is 2. The summed E-state index contributed by atoms with van der Waals surface area (Å²) < 4.78 is 5.51. The van der Waals surface area contributed by atoms with E-state index in [1.54, 1.807) is 11.0 Å². The molecule has 0 aromatic heterocycles. The molecule has 0 bridgehead atoms. The van der Waals surface area contributed by atoms with E-state index >= 15 is 0 Å². The van der Waals surface area contributed by atoms with Crippen molar-refractivity contribution in [2.75, 3.05) is 18.0 Å². The van der Waals surface area contributed by atoms with E-state index in [1.807, 2.05) is 56.6 Å². The first-order chi connectivity index (χ1) is 13.1. The lowest BCUT2D eigenvalue weighted by molar-refractivity contribution is 0.0242. The van der Waals surface area contributed by atoms with Gasteiger partial charge in [0.15, 0.2) is 0 Å². The number of rotatable bonds is 3. The van der Waals surface area contributed by atoms with Crippen molar-refractivity contribution in [3.8, 4) is 0 Å². The molecule has 152 valence electrons. The van der Waals surface area contributed by atoms with Crippen molar-refractivity contribution < 1.29 is 14.3 Å². The SMILES string of the molecule is C=Cc1cc2c(cc1N1CCCN(C(C)C)C1=O)CN(C(=O)OC(C)(C)C)C2. The second-order valence-corrected chi connectivity index (χ2v) is 8.80. The highest BCUT2D eigenvalue weighted by molar-refractivity contribution is 5.95. The second-order valence-electron chi connectivity index (χ2n) is 8.80. The maximum Gasteiger partial charge on any atom is 0.410 e. The Bertz CT molecular complexity index is 795. The van der Waals surface area contributed by atoms with Crippen molar-refractivity contribution in [3.63, 3.8) is 0 Å². The lowest BCUT2D eigenvalue weighted by Crippen LogP contribution is -2.52. The van der Waals surface area contributed by atoms with Crippen molar-refractivity contribution in [2.24, 2.45) is 0 Å². The molecule has 3 amide bonds. The molecule has 6 nitrogen and oxygen atoms in total. The van der Waals surface area contributed by atoms with E-state index in [-0.39, 0.29) is 18.2 Å². The summed E-state index contributed by atoms with van der Waals surface area (Å²) in [7, 11) is 0. The van der Waals surface area contributed by atoms with Gasteiger partial charge in [0, 0.05) is 32.2 Å². The summed E-state index contributed by atoms with van der Waals surface area (Å²) in [5.41, 5.74) is 3.40. The summed E-state index contributed by atoms with van der Waals surface area (Å²) in [4.78, 5) is 30.9. The van der Waals surface area contributed by atoms with Crippen LogP contribution in [0.25, 0.3) is 6.08 Å². The zero-order valence-corrected chi connectivity index (χ0v) is 17.6. The largest absolute Gasteiger partial charge is 0.444 e. The monoisotopic (exact) mass is 385 g/mol. The lowest BCUT2D eigenvalue weighted by Gasteiger charge is -2.38. The Kier molecular flexibility index (Phi) is 5.41. The number of hydrogen-bond acceptors (Lipinski definition) is 3. The van der Waals surface area contributed by atoms with Crippen LogP contribution in [0, 0.1) is 0 Å². The topological polar surface area (TPSA) is 53.1 Å². The smallest absolute Gasteiger partial charge is 0.410 e. The van der Waals surface area contributed by atoms with Crippen molar-refractivity contribution >= 4 is 23.9 Å². The molecular formula is C22H31N3O3. The normalized spacial score (nSPS) is 17.2. The first kappa shape index (κ1) is 20.2. The van der Waals surface area contributed by atoms with Crippen molar-refractivity contribution in [1.82, 2.24) is 9.80 Å². The van der Waals surface area contributed by atoms with Crippen LogP contribution in [0.5, 0.6) is 0 Å². The van der Waals surface area contributed by atoms with Gasteiger partial charge in [-0.1, -0.05) is 12.7 Å². The van der Waals surface area contributed by atoms with Gasteiger partial charge < -0.3 is 9.64 Å². The van der Waals surface area contributed by atoms with Crippen molar-refractivity contribution in [1.29, 1.82) is 0 Å². The number of amides is 3. The van der Waals surface area contributed by atoms with Gasteiger partial charge in [0.25, 0.3) is 0 Å². The molecule has 0 spiro atoms. The number of ether oxygens (including phenoxy) is 1. The number of hydrogen-bond donors (Lipinski definition) is 0. The predicted molar refractivity (Wildman–Crippen MR) is 111 cm³/mol. The molecule has 1 aromatic carbocycles. The maximum atomic E-state index is 13.0.